The molecule has 2 aromatic carbocycles. The summed E-state index contributed by atoms with van der Waals surface area (Å²) in [5.41, 5.74) is 5.11. The Hall–Kier alpha value is -3.41. The molecule has 6 heteroatoms. The van der Waals surface area contributed by atoms with E-state index in [1.54, 1.807) is 6.33 Å². The minimum atomic E-state index is 0.478. The molecule has 0 aliphatic carbocycles. The van der Waals surface area contributed by atoms with Gasteiger partial charge in [-0.05, 0) is 23.6 Å². The van der Waals surface area contributed by atoms with Gasteiger partial charge in [-0.2, -0.15) is 4.98 Å². The van der Waals surface area contributed by atoms with Crippen LogP contribution in [0.5, 0.6) is 0 Å². The predicted molar refractivity (Wildman–Crippen MR) is 120 cm³/mol. The second-order valence-corrected chi connectivity index (χ2v) is 7.98. The molecule has 0 saturated carbocycles. The first kappa shape index (κ1) is 18.6. The molecule has 0 unspecified atom stereocenters. The fraction of sp³-hybridized carbons (Fsp3) is 0.292. The van der Waals surface area contributed by atoms with E-state index in [0.29, 0.717) is 11.9 Å². The maximum absolute atomic E-state index is 6.03. The van der Waals surface area contributed by atoms with Crippen LogP contribution in [0.2, 0.25) is 0 Å². The van der Waals surface area contributed by atoms with Crippen molar-refractivity contribution in [1.82, 2.24) is 15.0 Å². The molecule has 0 spiro atoms. The van der Waals surface area contributed by atoms with E-state index in [1.807, 2.05) is 24.3 Å². The van der Waals surface area contributed by atoms with Crippen molar-refractivity contribution in [3.05, 3.63) is 66.5 Å². The monoisotopic (exact) mass is 399 g/mol. The zero-order valence-electron chi connectivity index (χ0n) is 17.3. The molecule has 1 aliphatic heterocycles. The molecule has 0 atom stereocenters. The summed E-state index contributed by atoms with van der Waals surface area (Å²) in [4.78, 5) is 18.2. The van der Waals surface area contributed by atoms with Crippen LogP contribution in [-0.4, -0.2) is 41.1 Å². The second kappa shape index (κ2) is 7.78. The van der Waals surface area contributed by atoms with E-state index in [9.17, 15) is 0 Å². The lowest BCUT2D eigenvalue weighted by Crippen LogP contribution is -2.47. The minimum absolute atomic E-state index is 0.478. The Kier molecular flexibility index (Phi) is 4.83. The average molecular weight is 399 g/mol. The van der Waals surface area contributed by atoms with Gasteiger partial charge in [0.1, 0.15) is 17.7 Å². The third-order valence-corrected chi connectivity index (χ3v) is 5.66. The van der Waals surface area contributed by atoms with Gasteiger partial charge in [-0.25, -0.2) is 9.97 Å². The number of benzene rings is 2. The zero-order valence-corrected chi connectivity index (χ0v) is 17.3. The molecular weight excluding hydrogens is 374 g/mol. The van der Waals surface area contributed by atoms with Gasteiger partial charge >= 0.3 is 0 Å². The van der Waals surface area contributed by atoms with Gasteiger partial charge in [0.2, 0.25) is 0 Å². The van der Waals surface area contributed by atoms with Crippen molar-refractivity contribution in [2.75, 3.05) is 36.0 Å². The molecule has 1 fully saturated rings. The Morgan fingerprint density at radius 2 is 1.63 bits per heavy atom. The van der Waals surface area contributed by atoms with Crippen molar-refractivity contribution in [2.24, 2.45) is 0 Å². The molecular formula is C24H25N5O. The number of hydrogen-bond acceptors (Lipinski definition) is 6. The molecule has 6 nitrogen and oxygen atoms in total. The lowest BCUT2D eigenvalue weighted by Gasteiger charge is -2.34. The third-order valence-electron chi connectivity index (χ3n) is 5.66. The van der Waals surface area contributed by atoms with Gasteiger partial charge < -0.3 is 14.2 Å². The molecule has 30 heavy (non-hydrogen) atoms. The summed E-state index contributed by atoms with van der Waals surface area (Å²) in [6, 6.07) is 19.3. The van der Waals surface area contributed by atoms with Crippen LogP contribution in [0.3, 0.4) is 0 Å². The van der Waals surface area contributed by atoms with Crippen molar-refractivity contribution in [2.45, 2.75) is 19.8 Å². The second-order valence-electron chi connectivity index (χ2n) is 7.98. The first-order valence-electron chi connectivity index (χ1n) is 10.5. The maximum Gasteiger partial charge on any atom is 0.298 e. The number of fused-ring (bicyclic) bond motifs is 1. The number of anilines is 2. The number of nitrogens with zero attached hydrogens (tertiary/aromatic N) is 5. The molecule has 2 aromatic heterocycles. The number of oxazole rings is 1. The number of aromatic nitrogens is 3. The van der Waals surface area contributed by atoms with Crippen molar-refractivity contribution in [3.8, 4) is 11.3 Å². The molecule has 4 aromatic rings. The van der Waals surface area contributed by atoms with Crippen molar-refractivity contribution >= 4 is 22.9 Å². The molecule has 0 radical (unpaired) electrons. The molecule has 152 valence electrons. The van der Waals surface area contributed by atoms with E-state index in [4.69, 9.17) is 9.40 Å². The Bertz CT molecular complexity index is 1150. The van der Waals surface area contributed by atoms with Gasteiger partial charge in [-0.1, -0.05) is 50.2 Å². The van der Waals surface area contributed by atoms with Gasteiger partial charge in [-0.15, -0.1) is 0 Å². The van der Waals surface area contributed by atoms with E-state index >= 15 is 0 Å². The molecule has 5 rings (SSSR count). The van der Waals surface area contributed by atoms with Crippen LogP contribution in [0.25, 0.3) is 22.4 Å². The van der Waals surface area contributed by atoms with Crippen molar-refractivity contribution in [3.63, 3.8) is 0 Å². The van der Waals surface area contributed by atoms with Gasteiger partial charge in [0.05, 0.1) is 5.69 Å². The van der Waals surface area contributed by atoms with Crippen LogP contribution < -0.4 is 9.80 Å². The quantitative estimate of drug-likeness (QED) is 0.494. The van der Waals surface area contributed by atoms with Gasteiger partial charge in [0.15, 0.2) is 5.58 Å². The highest BCUT2D eigenvalue weighted by atomic mass is 16.4. The van der Waals surface area contributed by atoms with E-state index in [-0.39, 0.29) is 0 Å². The molecule has 0 bridgehead atoms. The average Bonchev–Trinajstić information content (AvgIpc) is 3.23. The van der Waals surface area contributed by atoms with Crippen LogP contribution in [0.1, 0.15) is 25.3 Å². The summed E-state index contributed by atoms with van der Waals surface area (Å²) in [7, 11) is 0. The highest BCUT2D eigenvalue weighted by molar-refractivity contribution is 5.75. The van der Waals surface area contributed by atoms with Gasteiger partial charge in [0.25, 0.3) is 6.01 Å². The Labute approximate surface area is 176 Å². The summed E-state index contributed by atoms with van der Waals surface area (Å²) >= 11 is 0. The Balaban J connectivity index is 1.30. The summed E-state index contributed by atoms with van der Waals surface area (Å²) in [6.07, 6.45) is 1.65. The molecule has 1 aliphatic rings. The summed E-state index contributed by atoms with van der Waals surface area (Å²) in [5.74, 6) is 1.44. The van der Waals surface area contributed by atoms with Crippen LogP contribution in [0.15, 0.2) is 65.3 Å². The predicted octanol–water partition coefficient (Wildman–Crippen LogP) is 4.73. The van der Waals surface area contributed by atoms with Crippen LogP contribution in [-0.2, 0) is 0 Å². The van der Waals surface area contributed by atoms with Crippen LogP contribution in [0, 0.1) is 0 Å². The summed E-state index contributed by atoms with van der Waals surface area (Å²) in [5, 5.41) is 0. The smallest absolute Gasteiger partial charge is 0.298 e. The van der Waals surface area contributed by atoms with Crippen LogP contribution in [0.4, 0.5) is 11.8 Å². The molecule has 0 N–H and O–H groups in total. The van der Waals surface area contributed by atoms with Gasteiger partial charge in [-0.3, -0.25) is 0 Å². The third kappa shape index (κ3) is 3.61. The lowest BCUT2D eigenvalue weighted by atomic mass is 10.0. The summed E-state index contributed by atoms with van der Waals surface area (Å²) < 4.78 is 6.03. The largest absolute Gasteiger partial charge is 0.423 e. The maximum atomic E-state index is 6.03. The molecule has 0 amide bonds. The SMILES string of the molecule is CC(C)c1ccc2oc(N3CCN(c4cc(-c5ccccc5)ncn4)CC3)nc2c1. The Morgan fingerprint density at radius 3 is 2.40 bits per heavy atom. The Morgan fingerprint density at radius 1 is 0.867 bits per heavy atom. The minimum Gasteiger partial charge on any atom is -0.423 e. The van der Waals surface area contributed by atoms with E-state index in [1.165, 1.54) is 5.56 Å². The van der Waals surface area contributed by atoms with Crippen LogP contribution >= 0.6 is 0 Å². The molecule has 3 heterocycles. The topological polar surface area (TPSA) is 58.3 Å². The number of hydrogen-bond donors (Lipinski definition) is 0. The standard InChI is InChI=1S/C24H25N5O/c1-17(2)19-8-9-22-21(14-19)27-24(30-22)29-12-10-28(11-13-29)23-15-20(25-16-26-23)18-6-4-3-5-7-18/h3-9,14-17H,10-13H2,1-2H3. The number of rotatable bonds is 4. The normalized spacial score (nSPS) is 14.6. The molecule has 1 saturated heterocycles. The highest BCUT2D eigenvalue weighted by Gasteiger charge is 2.22. The zero-order chi connectivity index (χ0) is 20.5. The fourth-order valence-corrected chi connectivity index (χ4v) is 3.84. The fourth-order valence-electron chi connectivity index (χ4n) is 3.84. The first-order chi connectivity index (χ1) is 14.7. The van der Waals surface area contributed by atoms with Crippen molar-refractivity contribution < 1.29 is 4.42 Å². The lowest BCUT2D eigenvalue weighted by molar-refractivity contribution is 0.540. The summed E-state index contributed by atoms with van der Waals surface area (Å²) in [6.45, 7) is 7.79. The van der Waals surface area contributed by atoms with E-state index in [0.717, 1.165) is 54.4 Å². The van der Waals surface area contributed by atoms with E-state index < -0.39 is 0 Å². The first-order valence-corrected chi connectivity index (χ1v) is 10.5. The van der Waals surface area contributed by atoms with Gasteiger partial charge in [0, 0.05) is 37.8 Å². The van der Waals surface area contributed by atoms with Crippen molar-refractivity contribution in [1.29, 1.82) is 0 Å². The highest BCUT2D eigenvalue weighted by Crippen LogP contribution is 2.27. The number of piperazine rings is 1. The van der Waals surface area contributed by atoms with E-state index in [2.05, 4.69) is 63.9 Å².